The fourth-order valence-electron chi connectivity index (χ4n) is 2.17. The molecule has 2 heteroatoms. The molecule has 0 fully saturated rings. The molecule has 2 nitrogen and oxygen atoms in total. The molecule has 0 aromatic heterocycles. The molecule has 2 aromatic rings. The Labute approximate surface area is 139 Å². The SMILES string of the molecule is CC(C)=CC=Cc1ccc(N(C)/N=C(/C)c2ccccc2)cc1. The number of hydrazone groups is 1. The lowest BCUT2D eigenvalue weighted by Gasteiger charge is -2.15. The monoisotopic (exact) mass is 304 g/mol. The molecular weight excluding hydrogens is 280 g/mol. The third-order valence-corrected chi connectivity index (χ3v) is 3.48. The van der Waals surface area contributed by atoms with Gasteiger partial charge in [-0.15, -0.1) is 0 Å². The predicted octanol–water partition coefficient (Wildman–Crippen LogP) is 5.53. The van der Waals surface area contributed by atoms with E-state index in [1.807, 2.05) is 37.2 Å². The van der Waals surface area contributed by atoms with Crippen molar-refractivity contribution >= 4 is 17.5 Å². The quantitative estimate of drug-likeness (QED) is 0.403. The van der Waals surface area contributed by atoms with Gasteiger partial charge in [0.25, 0.3) is 0 Å². The fourth-order valence-corrected chi connectivity index (χ4v) is 2.17. The zero-order chi connectivity index (χ0) is 16.7. The normalized spacial score (nSPS) is 11.6. The molecule has 0 bridgehead atoms. The van der Waals surface area contributed by atoms with Gasteiger partial charge in [-0.3, -0.25) is 5.01 Å². The number of rotatable bonds is 5. The highest BCUT2D eigenvalue weighted by Crippen LogP contribution is 2.16. The van der Waals surface area contributed by atoms with Crippen LogP contribution < -0.4 is 5.01 Å². The van der Waals surface area contributed by atoms with Gasteiger partial charge < -0.3 is 0 Å². The maximum absolute atomic E-state index is 4.65. The summed E-state index contributed by atoms with van der Waals surface area (Å²) in [6, 6.07) is 18.6. The van der Waals surface area contributed by atoms with Gasteiger partial charge >= 0.3 is 0 Å². The summed E-state index contributed by atoms with van der Waals surface area (Å²) in [5, 5.41) is 6.56. The summed E-state index contributed by atoms with van der Waals surface area (Å²) >= 11 is 0. The van der Waals surface area contributed by atoms with Crippen molar-refractivity contribution < 1.29 is 0 Å². The van der Waals surface area contributed by atoms with E-state index in [4.69, 9.17) is 0 Å². The Balaban J connectivity index is 2.10. The Morgan fingerprint density at radius 2 is 1.57 bits per heavy atom. The Hall–Kier alpha value is -2.61. The van der Waals surface area contributed by atoms with E-state index in [1.165, 1.54) is 11.1 Å². The molecule has 118 valence electrons. The molecule has 0 aliphatic rings. The minimum absolute atomic E-state index is 1.00. The van der Waals surface area contributed by atoms with E-state index in [1.54, 1.807) is 0 Å². The number of hydrogen-bond acceptors (Lipinski definition) is 2. The van der Waals surface area contributed by atoms with Crippen LogP contribution in [0.4, 0.5) is 5.69 Å². The van der Waals surface area contributed by atoms with Crippen LogP contribution in [0.1, 0.15) is 31.9 Å². The molecule has 2 aromatic carbocycles. The number of anilines is 1. The lowest BCUT2D eigenvalue weighted by Crippen LogP contribution is -2.12. The molecule has 0 saturated carbocycles. The van der Waals surface area contributed by atoms with E-state index < -0.39 is 0 Å². The maximum Gasteiger partial charge on any atom is 0.0650 e. The second-order valence-corrected chi connectivity index (χ2v) is 5.77. The van der Waals surface area contributed by atoms with Crippen LogP contribution in [0.15, 0.2) is 77.4 Å². The Kier molecular flexibility index (Phi) is 5.93. The lowest BCUT2D eigenvalue weighted by atomic mass is 10.1. The van der Waals surface area contributed by atoms with Crippen LogP contribution in [0.2, 0.25) is 0 Å². The van der Waals surface area contributed by atoms with Gasteiger partial charge in [0.1, 0.15) is 0 Å². The number of allylic oxidation sites excluding steroid dienone is 3. The van der Waals surface area contributed by atoms with Crippen LogP contribution in [0.25, 0.3) is 6.08 Å². The van der Waals surface area contributed by atoms with Crippen LogP contribution in [0.5, 0.6) is 0 Å². The van der Waals surface area contributed by atoms with E-state index in [9.17, 15) is 0 Å². The van der Waals surface area contributed by atoms with Crippen LogP contribution in [-0.2, 0) is 0 Å². The molecule has 0 saturated heterocycles. The average Bonchev–Trinajstić information content (AvgIpc) is 2.56. The third kappa shape index (κ3) is 5.26. The first-order valence-corrected chi connectivity index (χ1v) is 7.82. The van der Waals surface area contributed by atoms with Gasteiger partial charge in [0.05, 0.1) is 11.4 Å². The first-order chi connectivity index (χ1) is 11.1. The smallest absolute Gasteiger partial charge is 0.0650 e. The van der Waals surface area contributed by atoms with Gasteiger partial charge in [0.15, 0.2) is 0 Å². The number of hydrogen-bond donors (Lipinski definition) is 0. The average molecular weight is 304 g/mol. The Morgan fingerprint density at radius 3 is 2.17 bits per heavy atom. The topological polar surface area (TPSA) is 15.6 Å². The van der Waals surface area contributed by atoms with Crippen molar-refractivity contribution in [3.05, 3.63) is 83.4 Å². The fraction of sp³-hybridized carbons (Fsp3) is 0.190. The van der Waals surface area contributed by atoms with Crippen molar-refractivity contribution in [3.63, 3.8) is 0 Å². The van der Waals surface area contributed by atoms with Gasteiger partial charge in [-0.2, -0.15) is 5.10 Å². The zero-order valence-electron chi connectivity index (χ0n) is 14.3. The number of benzene rings is 2. The van der Waals surface area contributed by atoms with Crippen molar-refractivity contribution in [2.45, 2.75) is 20.8 Å². The van der Waals surface area contributed by atoms with E-state index in [-0.39, 0.29) is 0 Å². The Morgan fingerprint density at radius 1 is 0.913 bits per heavy atom. The van der Waals surface area contributed by atoms with Crippen molar-refractivity contribution in [1.82, 2.24) is 0 Å². The van der Waals surface area contributed by atoms with Gasteiger partial charge in [0, 0.05) is 7.05 Å². The molecule has 0 amide bonds. The molecule has 0 aliphatic heterocycles. The highest BCUT2D eigenvalue weighted by Gasteiger charge is 2.01. The highest BCUT2D eigenvalue weighted by atomic mass is 15.4. The summed E-state index contributed by atoms with van der Waals surface area (Å²) in [6.07, 6.45) is 6.29. The summed E-state index contributed by atoms with van der Waals surface area (Å²) in [4.78, 5) is 0. The summed E-state index contributed by atoms with van der Waals surface area (Å²) in [5.74, 6) is 0. The summed E-state index contributed by atoms with van der Waals surface area (Å²) in [5.41, 5.74) is 5.69. The summed E-state index contributed by atoms with van der Waals surface area (Å²) < 4.78 is 0. The zero-order valence-corrected chi connectivity index (χ0v) is 14.3. The van der Waals surface area contributed by atoms with Gasteiger partial charge in [0.2, 0.25) is 0 Å². The lowest BCUT2D eigenvalue weighted by molar-refractivity contribution is 1.01. The molecule has 0 atom stereocenters. The summed E-state index contributed by atoms with van der Waals surface area (Å²) in [7, 11) is 1.97. The van der Waals surface area contributed by atoms with Crippen LogP contribution in [0, 0.1) is 0 Å². The molecule has 2 rings (SSSR count). The van der Waals surface area contributed by atoms with Gasteiger partial charge in [-0.25, -0.2) is 0 Å². The molecule has 23 heavy (non-hydrogen) atoms. The van der Waals surface area contributed by atoms with Crippen LogP contribution in [-0.4, -0.2) is 12.8 Å². The van der Waals surface area contributed by atoms with Crippen LogP contribution >= 0.6 is 0 Å². The van der Waals surface area contributed by atoms with E-state index >= 15 is 0 Å². The standard InChI is InChI=1S/C21H24N2/c1-17(2)9-8-10-19-13-15-21(16-14-19)23(4)22-18(3)20-11-6-5-7-12-20/h5-16H,1-4H3/b10-8?,22-18-. The minimum atomic E-state index is 1.00. The predicted molar refractivity (Wildman–Crippen MR) is 102 cm³/mol. The van der Waals surface area contributed by atoms with E-state index in [0.29, 0.717) is 0 Å². The first kappa shape index (κ1) is 16.8. The van der Waals surface area contributed by atoms with E-state index in [0.717, 1.165) is 17.0 Å². The van der Waals surface area contributed by atoms with Crippen molar-refractivity contribution in [3.8, 4) is 0 Å². The van der Waals surface area contributed by atoms with Gasteiger partial charge in [-0.1, -0.05) is 66.3 Å². The molecule has 0 aliphatic carbocycles. The second-order valence-electron chi connectivity index (χ2n) is 5.77. The van der Waals surface area contributed by atoms with Gasteiger partial charge in [-0.05, 0) is 44.0 Å². The van der Waals surface area contributed by atoms with Crippen LogP contribution in [0.3, 0.4) is 0 Å². The van der Waals surface area contributed by atoms with Crippen molar-refractivity contribution in [1.29, 1.82) is 0 Å². The number of nitrogens with zero attached hydrogens (tertiary/aromatic N) is 2. The first-order valence-electron chi connectivity index (χ1n) is 7.82. The second kappa shape index (κ2) is 8.14. The van der Waals surface area contributed by atoms with E-state index in [2.05, 4.69) is 73.6 Å². The minimum Gasteiger partial charge on any atom is -0.268 e. The molecular formula is C21H24N2. The summed E-state index contributed by atoms with van der Waals surface area (Å²) in [6.45, 7) is 6.22. The molecule has 0 spiro atoms. The van der Waals surface area contributed by atoms with Crippen molar-refractivity contribution in [2.24, 2.45) is 5.10 Å². The molecule has 0 heterocycles. The highest BCUT2D eigenvalue weighted by molar-refractivity contribution is 5.99. The largest absolute Gasteiger partial charge is 0.268 e. The van der Waals surface area contributed by atoms with Crippen molar-refractivity contribution in [2.75, 3.05) is 12.1 Å². The molecule has 0 N–H and O–H groups in total. The molecule has 0 unspecified atom stereocenters. The Bertz CT molecular complexity index is 703. The maximum atomic E-state index is 4.65. The third-order valence-electron chi connectivity index (χ3n) is 3.48. The molecule has 0 radical (unpaired) electrons.